The molecule has 0 spiro atoms. The molecule has 1 aliphatic rings. The van der Waals surface area contributed by atoms with E-state index in [9.17, 15) is 9.59 Å². The van der Waals surface area contributed by atoms with Crippen LogP contribution in [0.5, 0.6) is 0 Å². The second-order valence-electron chi connectivity index (χ2n) is 7.82. The lowest BCUT2D eigenvalue weighted by Gasteiger charge is -2.18. The highest BCUT2D eigenvalue weighted by Gasteiger charge is 2.41. The first kappa shape index (κ1) is 20.9. The van der Waals surface area contributed by atoms with E-state index in [0.717, 1.165) is 22.4 Å². The van der Waals surface area contributed by atoms with Gasteiger partial charge in [-0.15, -0.1) is 0 Å². The number of carbonyl (C=O) groups excluding carboxylic acids is 2. The maximum absolute atomic E-state index is 13.6. The summed E-state index contributed by atoms with van der Waals surface area (Å²) in [7, 11) is 0. The van der Waals surface area contributed by atoms with Crippen LogP contribution in [-0.4, -0.2) is 11.8 Å². The zero-order chi connectivity index (χ0) is 22.3. The number of anilines is 2. The molecular formula is C26H23ClN2O2. The minimum Gasteiger partial charge on any atom is -0.350 e. The zero-order valence-electron chi connectivity index (χ0n) is 17.9. The van der Waals surface area contributed by atoms with E-state index in [2.05, 4.69) is 5.32 Å². The van der Waals surface area contributed by atoms with Crippen LogP contribution in [0.25, 0.3) is 5.57 Å². The first-order chi connectivity index (χ1) is 14.8. The zero-order valence-corrected chi connectivity index (χ0v) is 18.7. The van der Waals surface area contributed by atoms with Crippen molar-refractivity contribution in [3.63, 3.8) is 0 Å². The summed E-state index contributed by atoms with van der Waals surface area (Å²) in [6, 6.07) is 18.7. The molecule has 3 aromatic rings. The number of rotatable bonds is 4. The van der Waals surface area contributed by atoms with Gasteiger partial charge in [0, 0.05) is 10.7 Å². The lowest BCUT2D eigenvalue weighted by atomic mass is 10.0. The minimum atomic E-state index is -0.396. The number of carbonyl (C=O) groups is 2. The maximum atomic E-state index is 13.6. The SMILES string of the molecule is Cc1ccc(C2=C(Nc3cccc(C)c3C)C(=O)N(c3cccc(Cl)c3C)C2=O)cc1. The van der Waals surface area contributed by atoms with Gasteiger partial charge in [-0.2, -0.15) is 0 Å². The molecule has 0 aliphatic carbocycles. The molecule has 4 rings (SSSR count). The molecule has 0 radical (unpaired) electrons. The minimum absolute atomic E-state index is 0.266. The Morgan fingerprint density at radius 3 is 2.16 bits per heavy atom. The topological polar surface area (TPSA) is 49.4 Å². The molecule has 3 aromatic carbocycles. The smallest absolute Gasteiger partial charge is 0.282 e. The van der Waals surface area contributed by atoms with E-state index in [1.54, 1.807) is 25.1 Å². The Balaban J connectivity index is 1.88. The number of aryl methyl sites for hydroxylation is 2. The van der Waals surface area contributed by atoms with E-state index in [4.69, 9.17) is 11.6 Å². The monoisotopic (exact) mass is 430 g/mol. The Labute approximate surface area is 187 Å². The first-order valence-corrected chi connectivity index (χ1v) is 10.5. The molecule has 0 unspecified atom stereocenters. The quantitative estimate of drug-likeness (QED) is 0.518. The normalized spacial score (nSPS) is 13.9. The fraction of sp³-hybridized carbons (Fsp3) is 0.154. The molecule has 2 amide bonds. The highest BCUT2D eigenvalue weighted by molar-refractivity contribution is 6.46. The Hall–Kier alpha value is -3.37. The van der Waals surface area contributed by atoms with Crippen LogP contribution in [-0.2, 0) is 9.59 Å². The van der Waals surface area contributed by atoms with Gasteiger partial charge < -0.3 is 5.32 Å². The van der Waals surface area contributed by atoms with Crippen molar-refractivity contribution in [3.8, 4) is 0 Å². The number of nitrogens with zero attached hydrogens (tertiary/aromatic N) is 1. The van der Waals surface area contributed by atoms with Gasteiger partial charge >= 0.3 is 0 Å². The number of nitrogens with one attached hydrogen (secondary N) is 1. The molecule has 0 saturated carbocycles. The lowest BCUT2D eigenvalue weighted by Crippen LogP contribution is -2.33. The molecular weight excluding hydrogens is 408 g/mol. The van der Waals surface area contributed by atoms with E-state index in [1.165, 1.54) is 4.90 Å². The van der Waals surface area contributed by atoms with Crippen molar-refractivity contribution in [2.75, 3.05) is 10.2 Å². The van der Waals surface area contributed by atoms with Gasteiger partial charge in [-0.3, -0.25) is 9.59 Å². The third-order valence-corrected chi connectivity index (χ3v) is 6.18. The molecule has 1 N–H and O–H groups in total. The third kappa shape index (κ3) is 3.64. The van der Waals surface area contributed by atoms with Crippen LogP contribution in [0.1, 0.15) is 27.8 Å². The molecule has 0 aromatic heterocycles. The van der Waals surface area contributed by atoms with Gasteiger partial charge in [-0.05, 0) is 68.1 Å². The van der Waals surface area contributed by atoms with Crippen LogP contribution < -0.4 is 10.2 Å². The molecule has 156 valence electrons. The Kier molecular flexibility index (Phi) is 5.42. The summed E-state index contributed by atoms with van der Waals surface area (Å²) in [5.41, 5.74) is 6.48. The fourth-order valence-electron chi connectivity index (χ4n) is 3.71. The van der Waals surface area contributed by atoms with Gasteiger partial charge in [0.1, 0.15) is 5.70 Å². The van der Waals surface area contributed by atoms with E-state index in [0.29, 0.717) is 27.4 Å². The molecule has 0 atom stereocenters. The van der Waals surface area contributed by atoms with Crippen molar-refractivity contribution < 1.29 is 9.59 Å². The highest BCUT2D eigenvalue weighted by Crippen LogP contribution is 2.37. The molecule has 0 saturated heterocycles. The second kappa shape index (κ2) is 8.05. The average molecular weight is 431 g/mol. The summed E-state index contributed by atoms with van der Waals surface area (Å²) in [4.78, 5) is 28.4. The summed E-state index contributed by atoms with van der Waals surface area (Å²) in [5.74, 6) is -0.765. The summed E-state index contributed by atoms with van der Waals surface area (Å²) in [6.07, 6.45) is 0. The predicted molar refractivity (Wildman–Crippen MR) is 126 cm³/mol. The van der Waals surface area contributed by atoms with Crippen molar-refractivity contribution in [1.82, 2.24) is 0 Å². The first-order valence-electron chi connectivity index (χ1n) is 10.1. The van der Waals surface area contributed by atoms with Crippen molar-refractivity contribution in [2.45, 2.75) is 27.7 Å². The number of imide groups is 1. The van der Waals surface area contributed by atoms with Crippen molar-refractivity contribution in [3.05, 3.63) is 99.2 Å². The summed E-state index contributed by atoms with van der Waals surface area (Å²) in [6.45, 7) is 7.79. The Morgan fingerprint density at radius 2 is 1.45 bits per heavy atom. The van der Waals surface area contributed by atoms with E-state index >= 15 is 0 Å². The van der Waals surface area contributed by atoms with Crippen LogP contribution in [0.3, 0.4) is 0 Å². The molecule has 1 aliphatic heterocycles. The second-order valence-corrected chi connectivity index (χ2v) is 8.23. The number of halogens is 1. The standard InChI is InChI=1S/C26H23ClN2O2/c1-15-11-13-19(14-12-15)23-24(28-21-9-5-7-16(2)17(21)3)26(31)29(25(23)30)22-10-6-8-20(27)18(22)4/h5-14,28H,1-4H3. The molecule has 0 bridgehead atoms. The Morgan fingerprint density at radius 1 is 0.774 bits per heavy atom. The van der Waals surface area contributed by atoms with Crippen molar-refractivity contribution in [1.29, 1.82) is 0 Å². The highest BCUT2D eigenvalue weighted by atomic mass is 35.5. The van der Waals surface area contributed by atoms with Gasteiger partial charge in [0.2, 0.25) is 0 Å². The van der Waals surface area contributed by atoms with Crippen molar-refractivity contribution in [2.24, 2.45) is 0 Å². The van der Waals surface area contributed by atoms with Gasteiger partial charge in [-0.25, -0.2) is 4.90 Å². The van der Waals surface area contributed by atoms with Gasteiger partial charge in [0.25, 0.3) is 11.8 Å². The molecule has 4 nitrogen and oxygen atoms in total. The van der Waals surface area contributed by atoms with E-state index in [-0.39, 0.29) is 11.6 Å². The van der Waals surface area contributed by atoms with Gasteiger partial charge in [-0.1, -0.05) is 59.6 Å². The lowest BCUT2D eigenvalue weighted by molar-refractivity contribution is -0.120. The number of amides is 2. The van der Waals surface area contributed by atoms with Crippen molar-refractivity contribution >= 4 is 40.4 Å². The van der Waals surface area contributed by atoms with Gasteiger partial charge in [0.15, 0.2) is 0 Å². The predicted octanol–water partition coefficient (Wildman–Crippen LogP) is 5.97. The summed E-state index contributed by atoms with van der Waals surface area (Å²) in [5, 5.41) is 3.77. The van der Waals surface area contributed by atoms with Crippen LogP contribution in [0, 0.1) is 27.7 Å². The summed E-state index contributed by atoms with van der Waals surface area (Å²) < 4.78 is 0. The Bertz CT molecular complexity index is 1240. The van der Waals surface area contributed by atoms with Crippen LogP contribution in [0.4, 0.5) is 11.4 Å². The molecule has 0 fully saturated rings. The fourth-order valence-corrected chi connectivity index (χ4v) is 3.88. The van der Waals surface area contributed by atoms with Crippen LogP contribution in [0.2, 0.25) is 5.02 Å². The van der Waals surface area contributed by atoms with Crippen LogP contribution >= 0.6 is 11.6 Å². The number of hydrogen-bond donors (Lipinski definition) is 1. The van der Waals surface area contributed by atoms with Gasteiger partial charge in [0.05, 0.1) is 11.3 Å². The maximum Gasteiger partial charge on any atom is 0.282 e. The molecule has 5 heteroatoms. The summed E-state index contributed by atoms with van der Waals surface area (Å²) >= 11 is 6.28. The van der Waals surface area contributed by atoms with Crippen LogP contribution in [0.15, 0.2) is 66.4 Å². The van der Waals surface area contributed by atoms with E-state index < -0.39 is 5.91 Å². The number of hydrogen-bond acceptors (Lipinski definition) is 3. The van der Waals surface area contributed by atoms with E-state index in [1.807, 2.05) is 63.2 Å². The third-order valence-electron chi connectivity index (χ3n) is 5.77. The number of benzene rings is 3. The largest absolute Gasteiger partial charge is 0.350 e. The molecule has 1 heterocycles. The molecule has 31 heavy (non-hydrogen) atoms. The average Bonchev–Trinajstić information content (AvgIpc) is 2.98.